The summed E-state index contributed by atoms with van der Waals surface area (Å²) in [6.45, 7) is 1.31. The van der Waals surface area contributed by atoms with E-state index in [-0.39, 0.29) is 5.91 Å². The molecule has 0 aliphatic carbocycles. The third kappa shape index (κ3) is 1.89. The molecule has 2 N–H and O–H groups in total. The number of thiophene rings is 1. The van der Waals surface area contributed by atoms with Crippen molar-refractivity contribution in [2.45, 2.75) is 13.1 Å². The molecule has 4 rings (SSSR count). The van der Waals surface area contributed by atoms with Crippen LogP contribution in [-0.4, -0.2) is 15.8 Å². The van der Waals surface area contributed by atoms with Crippen LogP contribution >= 0.6 is 11.3 Å². The molecule has 1 amide bonds. The van der Waals surface area contributed by atoms with E-state index in [1.807, 2.05) is 23.1 Å². The van der Waals surface area contributed by atoms with Crippen LogP contribution in [0.25, 0.3) is 10.1 Å². The molecule has 5 heteroatoms. The van der Waals surface area contributed by atoms with Gasteiger partial charge in [0.05, 0.1) is 10.4 Å². The smallest absolute Gasteiger partial charge is 0.266 e. The lowest BCUT2D eigenvalue weighted by Gasteiger charge is -2.14. The monoisotopic (exact) mass is 295 g/mol. The molecule has 0 bridgehead atoms. The number of amides is 1. The maximum Gasteiger partial charge on any atom is 0.266 e. The minimum Gasteiger partial charge on any atom is -0.397 e. The summed E-state index contributed by atoms with van der Waals surface area (Å²) in [7, 11) is 0. The summed E-state index contributed by atoms with van der Waals surface area (Å²) in [4.78, 5) is 19.3. The normalized spacial score (nSPS) is 13.6. The van der Waals surface area contributed by atoms with Crippen LogP contribution in [-0.2, 0) is 13.1 Å². The first-order chi connectivity index (χ1) is 10.2. The Bertz CT molecular complexity index is 831. The number of hydrogen-bond acceptors (Lipinski definition) is 4. The Morgan fingerprint density at radius 1 is 1.19 bits per heavy atom. The number of nitrogens with two attached hydrogens (primary N) is 1. The number of carbonyl (C=O) groups excluding carboxylic acids is 1. The summed E-state index contributed by atoms with van der Waals surface area (Å²) >= 11 is 1.42. The van der Waals surface area contributed by atoms with Crippen molar-refractivity contribution in [3.8, 4) is 0 Å². The van der Waals surface area contributed by atoms with Crippen LogP contribution in [0.3, 0.4) is 0 Å². The van der Waals surface area contributed by atoms with Crippen LogP contribution in [0.4, 0.5) is 5.69 Å². The van der Waals surface area contributed by atoms with Gasteiger partial charge in [0.15, 0.2) is 0 Å². The number of anilines is 1. The predicted molar refractivity (Wildman–Crippen MR) is 84.1 cm³/mol. The van der Waals surface area contributed by atoms with E-state index in [4.69, 9.17) is 5.73 Å². The summed E-state index contributed by atoms with van der Waals surface area (Å²) in [6.07, 6.45) is 3.46. The summed E-state index contributed by atoms with van der Waals surface area (Å²) in [5.74, 6) is 0.00454. The average molecular weight is 295 g/mol. The molecule has 3 aromatic rings. The SMILES string of the molecule is Nc1c(C(=O)N2Cc3ccccc3C2)sc2cnccc12. The van der Waals surface area contributed by atoms with E-state index in [0.29, 0.717) is 23.7 Å². The molecule has 104 valence electrons. The number of nitrogens with zero attached hydrogens (tertiary/aromatic N) is 2. The van der Waals surface area contributed by atoms with Gasteiger partial charge in [0, 0.05) is 30.9 Å². The molecule has 0 unspecified atom stereocenters. The van der Waals surface area contributed by atoms with Gasteiger partial charge in [0.25, 0.3) is 5.91 Å². The molecular weight excluding hydrogens is 282 g/mol. The molecule has 0 spiro atoms. The molecule has 0 saturated heterocycles. The van der Waals surface area contributed by atoms with Gasteiger partial charge >= 0.3 is 0 Å². The second-order valence-electron chi connectivity index (χ2n) is 5.15. The lowest BCUT2D eigenvalue weighted by molar-refractivity contribution is 0.0757. The highest BCUT2D eigenvalue weighted by Gasteiger charge is 2.27. The van der Waals surface area contributed by atoms with Gasteiger partial charge in [-0.3, -0.25) is 9.78 Å². The topological polar surface area (TPSA) is 59.2 Å². The quantitative estimate of drug-likeness (QED) is 0.750. The summed E-state index contributed by atoms with van der Waals surface area (Å²) < 4.78 is 0.954. The van der Waals surface area contributed by atoms with Crippen LogP contribution < -0.4 is 5.73 Å². The summed E-state index contributed by atoms with van der Waals surface area (Å²) in [5.41, 5.74) is 9.15. The van der Waals surface area contributed by atoms with E-state index in [1.54, 1.807) is 12.4 Å². The molecule has 4 nitrogen and oxygen atoms in total. The Hall–Kier alpha value is -2.40. The Balaban J connectivity index is 1.71. The molecule has 0 radical (unpaired) electrons. The minimum absolute atomic E-state index is 0.00454. The highest BCUT2D eigenvalue weighted by Crippen LogP contribution is 2.35. The van der Waals surface area contributed by atoms with Crippen molar-refractivity contribution < 1.29 is 4.79 Å². The van der Waals surface area contributed by atoms with Crippen molar-refractivity contribution >= 4 is 33.0 Å². The van der Waals surface area contributed by atoms with Gasteiger partial charge < -0.3 is 10.6 Å². The fourth-order valence-electron chi connectivity index (χ4n) is 2.75. The van der Waals surface area contributed by atoms with Crippen molar-refractivity contribution in [2.75, 3.05) is 5.73 Å². The van der Waals surface area contributed by atoms with E-state index in [9.17, 15) is 4.79 Å². The van der Waals surface area contributed by atoms with Gasteiger partial charge in [-0.25, -0.2) is 0 Å². The number of aromatic nitrogens is 1. The van der Waals surface area contributed by atoms with Crippen molar-refractivity contribution in [1.82, 2.24) is 9.88 Å². The van der Waals surface area contributed by atoms with Crippen LogP contribution in [0.1, 0.15) is 20.8 Å². The third-order valence-corrected chi connectivity index (χ3v) is 5.00. The fourth-order valence-corrected chi connectivity index (χ4v) is 3.81. The maximum absolute atomic E-state index is 12.7. The first kappa shape index (κ1) is 12.3. The van der Waals surface area contributed by atoms with Gasteiger partial charge in [-0.15, -0.1) is 11.3 Å². The number of nitrogen functional groups attached to an aromatic ring is 1. The van der Waals surface area contributed by atoms with Crippen LogP contribution in [0.15, 0.2) is 42.7 Å². The van der Waals surface area contributed by atoms with Gasteiger partial charge in [-0.1, -0.05) is 24.3 Å². The standard InChI is InChI=1S/C16H13N3OS/c17-14-12-5-6-18-7-13(12)21-15(14)16(20)19-8-10-3-1-2-4-11(10)9-19/h1-7H,8-9,17H2. The number of rotatable bonds is 1. The second-order valence-corrected chi connectivity index (χ2v) is 6.20. The Kier molecular flexibility index (Phi) is 2.68. The van der Waals surface area contributed by atoms with E-state index < -0.39 is 0 Å². The second kappa shape index (κ2) is 4.56. The third-order valence-electron chi connectivity index (χ3n) is 3.85. The zero-order valence-corrected chi connectivity index (χ0v) is 12.1. The van der Waals surface area contributed by atoms with E-state index in [0.717, 1.165) is 10.1 Å². The molecule has 21 heavy (non-hydrogen) atoms. The van der Waals surface area contributed by atoms with Crippen LogP contribution in [0.2, 0.25) is 0 Å². The first-order valence-electron chi connectivity index (χ1n) is 6.72. The number of carbonyl (C=O) groups is 1. The zero-order valence-electron chi connectivity index (χ0n) is 11.2. The lowest BCUT2D eigenvalue weighted by Crippen LogP contribution is -2.25. The Morgan fingerprint density at radius 3 is 2.57 bits per heavy atom. The lowest BCUT2D eigenvalue weighted by atomic mass is 10.1. The molecule has 0 fully saturated rings. The van der Waals surface area contributed by atoms with Crippen LogP contribution in [0.5, 0.6) is 0 Å². The van der Waals surface area contributed by atoms with Gasteiger partial charge in [-0.05, 0) is 17.2 Å². The number of hydrogen-bond donors (Lipinski definition) is 1. The maximum atomic E-state index is 12.7. The van der Waals surface area contributed by atoms with Crippen molar-refractivity contribution in [1.29, 1.82) is 0 Å². The van der Waals surface area contributed by atoms with E-state index in [1.165, 1.54) is 22.5 Å². The minimum atomic E-state index is 0.00454. The number of benzene rings is 1. The predicted octanol–water partition coefficient (Wildman–Crippen LogP) is 3.03. The molecule has 0 atom stereocenters. The highest BCUT2D eigenvalue weighted by molar-refractivity contribution is 7.21. The molecule has 1 aliphatic rings. The highest BCUT2D eigenvalue weighted by atomic mass is 32.1. The largest absolute Gasteiger partial charge is 0.397 e. The first-order valence-corrected chi connectivity index (χ1v) is 7.54. The van der Waals surface area contributed by atoms with Gasteiger partial charge in [-0.2, -0.15) is 0 Å². The molecular formula is C16H13N3OS. The summed E-state index contributed by atoms with van der Waals surface area (Å²) in [5, 5.41) is 0.912. The van der Waals surface area contributed by atoms with Crippen molar-refractivity contribution in [3.05, 3.63) is 58.7 Å². The molecule has 0 saturated carbocycles. The summed E-state index contributed by atoms with van der Waals surface area (Å²) in [6, 6.07) is 10.0. The number of fused-ring (bicyclic) bond motifs is 2. The fraction of sp³-hybridized carbons (Fsp3) is 0.125. The van der Waals surface area contributed by atoms with Crippen LogP contribution in [0, 0.1) is 0 Å². The van der Waals surface area contributed by atoms with E-state index >= 15 is 0 Å². The van der Waals surface area contributed by atoms with Gasteiger partial charge in [0.1, 0.15) is 4.88 Å². The molecule has 1 aromatic carbocycles. The molecule has 1 aliphatic heterocycles. The number of pyridine rings is 1. The Labute approximate surface area is 125 Å². The average Bonchev–Trinajstić information content (AvgIpc) is 3.08. The zero-order chi connectivity index (χ0) is 14.4. The van der Waals surface area contributed by atoms with Gasteiger partial charge in [0.2, 0.25) is 0 Å². The van der Waals surface area contributed by atoms with E-state index in [2.05, 4.69) is 17.1 Å². The molecule has 2 aromatic heterocycles. The Morgan fingerprint density at radius 2 is 1.90 bits per heavy atom. The molecule has 3 heterocycles. The van der Waals surface area contributed by atoms with Crippen molar-refractivity contribution in [2.24, 2.45) is 0 Å². The van der Waals surface area contributed by atoms with Crippen molar-refractivity contribution in [3.63, 3.8) is 0 Å².